The molecule has 0 bridgehead atoms. The van der Waals surface area contributed by atoms with E-state index in [2.05, 4.69) is 10.3 Å². The van der Waals surface area contributed by atoms with Gasteiger partial charge in [0.25, 0.3) is 0 Å². The van der Waals surface area contributed by atoms with E-state index in [0.29, 0.717) is 10.3 Å². The average Bonchev–Trinajstić information content (AvgIpc) is 2.42. The number of amides is 1. The Hall–Kier alpha value is -0.780. The van der Waals surface area contributed by atoms with Crippen LogP contribution in [0.2, 0.25) is 5.02 Å². The van der Waals surface area contributed by atoms with Crippen LogP contribution in [0.3, 0.4) is 0 Å². The van der Waals surface area contributed by atoms with Crippen LogP contribution in [0.15, 0.2) is 23.4 Å². The van der Waals surface area contributed by atoms with Crippen LogP contribution in [0.5, 0.6) is 0 Å². The maximum absolute atomic E-state index is 11.8. The fourth-order valence-corrected chi connectivity index (χ4v) is 4.28. The summed E-state index contributed by atoms with van der Waals surface area (Å²) >= 11 is 7.79. The molecule has 4 nitrogen and oxygen atoms in total. The molecule has 2 unspecified atom stereocenters. The Labute approximate surface area is 128 Å². The van der Waals surface area contributed by atoms with Gasteiger partial charge in [-0.25, -0.2) is 4.98 Å². The van der Waals surface area contributed by atoms with Gasteiger partial charge in [0, 0.05) is 11.4 Å². The molecule has 1 aliphatic carbocycles. The minimum Gasteiger partial charge on any atom is -0.368 e. The summed E-state index contributed by atoms with van der Waals surface area (Å²) in [6.07, 6.45) is 5.32. The van der Waals surface area contributed by atoms with Crippen LogP contribution in [0, 0.1) is 0 Å². The number of halogens is 1. The molecule has 2 rings (SSSR count). The highest BCUT2D eigenvalue weighted by molar-refractivity contribution is 8.00. The smallest absolute Gasteiger partial charge is 0.237 e. The van der Waals surface area contributed by atoms with E-state index in [1.54, 1.807) is 18.0 Å². The monoisotopic (exact) mass is 313 g/mol. The van der Waals surface area contributed by atoms with Gasteiger partial charge in [0.05, 0.1) is 10.6 Å². The lowest BCUT2D eigenvalue weighted by Gasteiger charge is -2.38. The summed E-state index contributed by atoms with van der Waals surface area (Å²) in [5.74, 6) is -0.253. The Balaban J connectivity index is 2.10. The summed E-state index contributed by atoms with van der Waals surface area (Å²) in [6.45, 7) is 2.74. The number of nitrogens with two attached hydrogens (primary N) is 1. The van der Waals surface area contributed by atoms with Crippen LogP contribution in [0.25, 0.3) is 0 Å². The molecular weight excluding hydrogens is 294 g/mol. The SMILES string of the molecule is CCNC1(C(N)=O)CCCC(Sc2ncccc2Cl)C1. The first-order valence-corrected chi connectivity index (χ1v) is 8.15. The van der Waals surface area contributed by atoms with Crippen LogP contribution in [0.1, 0.15) is 32.6 Å². The number of nitrogens with one attached hydrogen (secondary N) is 1. The number of likely N-dealkylation sites (N-methyl/N-ethyl adjacent to an activating group) is 1. The first kappa shape index (κ1) is 15.6. The van der Waals surface area contributed by atoms with E-state index < -0.39 is 5.54 Å². The van der Waals surface area contributed by atoms with Crippen molar-refractivity contribution in [3.8, 4) is 0 Å². The standard InChI is InChI=1S/C14H20ClN3OS/c1-2-18-14(13(16)19)7-3-5-10(9-14)20-12-11(15)6-4-8-17-12/h4,6,8,10,18H,2-3,5,7,9H2,1H3,(H2,16,19). The summed E-state index contributed by atoms with van der Waals surface area (Å²) in [7, 11) is 0. The molecule has 1 amide bonds. The van der Waals surface area contributed by atoms with Gasteiger partial charge >= 0.3 is 0 Å². The molecular formula is C14H20ClN3OS. The highest BCUT2D eigenvalue weighted by atomic mass is 35.5. The molecule has 20 heavy (non-hydrogen) atoms. The summed E-state index contributed by atoms with van der Waals surface area (Å²) in [6, 6.07) is 3.66. The van der Waals surface area contributed by atoms with Crippen LogP contribution in [0.4, 0.5) is 0 Å². The third-order valence-corrected chi connectivity index (χ3v) is 5.40. The summed E-state index contributed by atoms with van der Waals surface area (Å²) < 4.78 is 0. The van der Waals surface area contributed by atoms with Crippen LogP contribution in [-0.2, 0) is 4.79 Å². The largest absolute Gasteiger partial charge is 0.368 e. The van der Waals surface area contributed by atoms with E-state index in [1.165, 1.54) is 0 Å². The minimum absolute atomic E-state index is 0.253. The van der Waals surface area contributed by atoms with Crippen molar-refractivity contribution in [1.29, 1.82) is 0 Å². The first-order valence-electron chi connectivity index (χ1n) is 6.89. The van der Waals surface area contributed by atoms with E-state index in [9.17, 15) is 4.79 Å². The number of hydrogen-bond donors (Lipinski definition) is 2. The fourth-order valence-electron chi connectivity index (χ4n) is 2.75. The first-order chi connectivity index (χ1) is 9.57. The quantitative estimate of drug-likeness (QED) is 0.877. The number of primary amides is 1. The number of nitrogens with zero attached hydrogens (tertiary/aromatic N) is 1. The van der Waals surface area contributed by atoms with Gasteiger partial charge in [0.2, 0.25) is 5.91 Å². The molecule has 1 aromatic rings. The molecule has 1 saturated carbocycles. The van der Waals surface area contributed by atoms with E-state index >= 15 is 0 Å². The zero-order valence-electron chi connectivity index (χ0n) is 11.6. The maximum Gasteiger partial charge on any atom is 0.237 e. The van der Waals surface area contributed by atoms with Gasteiger partial charge in [0.1, 0.15) is 5.03 Å². The topological polar surface area (TPSA) is 68.0 Å². The summed E-state index contributed by atoms with van der Waals surface area (Å²) in [5.41, 5.74) is 5.04. The van der Waals surface area contributed by atoms with Crippen molar-refractivity contribution in [2.75, 3.05) is 6.54 Å². The molecule has 1 aliphatic rings. The molecule has 1 heterocycles. The molecule has 2 atom stereocenters. The number of rotatable bonds is 5. The Morgan fingerprint density at radius 3 is 3.15 bits per heavy atom. The van der Waals surface area contributed by atoms with Crippen molar-refractivity contribution in [3.63, 3.8) is 0 Å². The minimum atomic E-state index is -0.577. The number of pyridine rings is 1. The van der Waals surface area contributed by atoms with Crippen molar-refractivity contribution in [3.05, 3.63) is 23.4 Å². The average molecular weight is 314 g/mol. The van der Waals surface area contributed by atoms with Crippen LogP contribution < -0.4 is 11.1 Å². The maximum atomic E-state index is 11.8. The second kappa shape index (κ2) is 6.78. The second-order valence-electron chi connectivity index (χ2n) is 5.10. The van der Waals surface area contributed by atoms with Gasteiger partial charge < -0.3 is 11.1 Å². The predicted octanol–water partition coefficient (Wildman–Crippen LogP) is 2.60. The Morgan fingerprint density at radius 1 is 1.70 bits per heavy atom. The van der Waals surface area contributed by atoms with E-state index in [0.717, 1.165) is 37.3 Å². The van der Waals surface area contributed by atoms with Crippen molar-refractivity contribution in [2.45, 2.75) is 48.4 Å². The van der Waals surface area contributed by atoms with Crippen molar-refractivity contribution in [1.82, 2.24) is 10.3 Å². The fraction of sp³-hybridized carbons (Fsp3) is 0.571. The molecule has 110 valence electrons. The molecule has 0 aliphatic heterocycles. The van der Waals surface area contributed by atoms with Gasteiger partial charge in [-0.05, 0) is 44.4 Å². The normalized spacial score (nSPS) is 26.4. The van der Waals surface area contributed by atoms with Crippen molar-refractivity contribution >= 4 is 29.3 Å². The molecule has 1 fully saturated rings. The molecule has 1 aromatic heterocycles. The molecule has 0 radical (unpaired) electrons. The van der Waals surface area contributed by atoms with Crippen molar-refractivity contribution in [2.24, 2.45) is 5.73 Å². The Morgan fingerprint density at radius 2 is 2.50 bits per heavy atom. The number of thioether (sulfide) groups is 1. The van der Waals surface area contributed by atoms with E-state index in [4.69, 9.17) is 17.3 Å². The predicted molar refractivity (Wildman–Crippen MR) is 83.0 cm³/mol. The molecule has 6 heteroatoms. The lowest BCUT2D eigenvalue weighted by atomic mass is 9.80. The number of aromatic nitrogens is 1. The number of hydrogen-bond acceptors (Lipinski definition) is 4. The highest BCUT2D eigenvalue weighted by Gasteiger charge is 2.41. The van der Waals surface area contributed by atoms with Crippen molar-refractivity contribution < 1.29 is 4.79 Å². The Kier molecular flexibility index (Phi) is 5.29. The highest BCUT2D eigenvalue weighted by Crippen LogP contribution is 2.39. The zero-order valence-corrected chi connectivity index (χ0v) is 13.1. The Bertz CT molecular complexity index is 481. The number of carbonyl (C=O) groups excluding carboxylic acids is 1. The second-order valence-corrected chi connectivity index (χ2v) is 6.80. The van der Waals surface area contributed by atoms with Crippen LogP contribution in [-0.4, -0.2) is 28.2 Å². The molecule has 0 saturated heterocycles. The molecule has 0 spiro atoms. The lowest BCUT2D eigenvalue weighted by Crippen LogP contribution is -2.58. The zero-order chi connectivity index (χ0) is 14.6. The molecule has 3 N–H and O–H groups in total. The van der Waals surface area contributed by atoms with E-state index in [-0.39, 0.29) is 5.91 Å². The van der Waals surface area contributed by atoms with Gasteiger partial charge in [-0.15, -0.1) is 11.8 Å². The van der Waals surface area contributed by atoms with Gasteiger partial charge in [-0.3, -0.25) is 4.79 Å². The van der Waals surface area contributed by atoms with Gasteiger partial charge in [0.15, 0.2) is 0 Å². The third kappa shape index (κ3) is 3.45. The summed E-state index contributed by atoms with van der Waals surface area (Å²) in [4.78, 5) is 16.1. The number of carbonyl (C=O) groups is 1. The van der Waals surface area contributed by atoms with Gasteiger partial charge in [-0.2, -0.15) is 0 Å². The summed E-state index contributed by atoms with van der Waals surface area (Å²) in [5, 5.41) is 5.09. The van der Waals surface area contributed by atoms with Crippen LogP contribution >= 0.6 is 23.4 Å². The third-order valence-electron chi connectivity index (χ3n) is 3.70. The lowest BCUT2D eigenvalue weighted by molar-refractivity contribution is -0.125. The van der Waals surface area contributed by atoms with Gasteiger partial charge in [-0.1, -0.05) is 18.5 Å². The molecule has 0 aromatic carbocycles. The van der Waals surface area contributed by atoms with E-state index in [1.807, 2.05) is 19.1 Å².